The first-order valence-corrected chi connectivity index (χ1v) is 13.4. The van der Waals surface area contributed by atoms with Crippen LogP contribution in [0.1, 0.15) is 10.4 Å². The smallest absolute Gasteiger partial charge is 0.338 e. The van der Waals surface area contributed by atoms with E-state index in [9.17, 15) is 4.79 Å². The van der Waals surface area contributed by atoms with E-state index in [2.05, 4.69) is 6.58 Å². The van der Waals surface area contributed by atoms with Crippen molar-refractivity contribution in [2.75, 3.05) is 126 Å². The molecule has 0 aromatic heterocycles. The Balaban J connectivity index is 1.66. The molecule has 0 unspecified atom stereocenters. The summed E-state index contributed by atoms with van der Waals surface area (Å²) in [5, 5.41) is 0. The average Bonchev–Trinajstić information content (AvgIpc) is 2.96. The van der Waals surface area contributed by atoms with Gasteiger partial charge in [-0.3, -0.25) is 0 Å². The molecule has 0 aliphatic carbocycles. The SMILES string of the molecule is C=CCOCCOCCOCCOCCOCCOCCOCCOCCOCCOC(=O)c1ccccc1. The van der Waals surface area contributed by atoms with Gasteiger partial charge in [0.25, 0.3) is 0 Å². The standard InChI is InChI=1S/C28H46O11/c1-2-8-30-9-10-31-11-12-32-13-14-33-15-16-34-17-18-35-19-20-36-21-22-37-23-24-38-25-26-39-28(29)27-6-4-3-5-7-27/h2-7H,1,8-26H2. The van der Waals surface area contributed by atoms with Crippen molar-refractivity contribution < 1.29 is 52.2 Å². The second-order valence-corrected chi connectivity index (χ2v) is 7.76. The molecule has 39 heavy (non-hydrogen) atoms. The highest BCUT2D eigenvalue weighted by atomic mass is 16.6. The molecule has 0 atom stereocenters. The van der Waals surface area contributed by atoms with E-state index in [0.717, 1.165) is 0 Å². The van der Waals surface area contributed by atoms with Crippen LogP contribution >= 0.6 is 0 Å². The second-order valence-electron chi connectivity index (χ2n) is 7.76. The Bertz CT molecular complexity index is 660. The van der Waals surface area contributed by atoms with Crippen molar-refractivity contribution in [1.29, 1.82) is 0 Å². The van der Waals surface area contributed by atoms with Crippen LogP contribution in [-0.2, 0) is 47.4 Å². The van der Waals surface area contributed by atoms with Gasteiger partial charge in [0, 0.05) is 0 Å². The highest BCUT2D eigenvalue weighted by molar-refractivity contribution is 5.89. The zero-order chi connectivity index (χ0) is 27.9. The summed E-state index contributed by atoms with van der Waals surface area (Å²) in [6.45, 7) is 12.7. The first kappa shape index (κ1) is 35.1. The number of esters is 1. The number of rotatable bonds is 30. The van der Waals surface area contributed by atoms with Gasteiger partial charge in [-0.1, -0.05) is 24.3 Å². The minimum Gasteiger partial charge on any atom is -0.460 e. The number of hydrogen-bond donors (Lipinski definition) is 0. The van der Waals surface area contributed by atoms with Crippen LogP contribution in [0.25, 0.3) is 0 Å². The predicted octanol–water partition coefficient (Wildman–Crippen LogP) is 2.18. The lowest BCUT2D eigenvalue weighted by molar-refractivity contribution is -0.0256. The Labute approximate surface area is 232 Å². The van der Waals surface area contributed by atoms with Crippen molar-refractivity contribution in [3.8, 4) is 0 Å². The molecular weight excluding hydrogens is 512 g/mol. The normalized spacial score (nSPS) is 11.1. The van der Waals surface area contributed by atoms with Gasteiger partial charge in [0.05, 0.1) is 124 Å². The van der Waals surface area contributed by atoms with Crippen LogP contribution in [-0.4, -0.2) is 132 Å². The first-order valence-electron chi connectivity index (χ1n) is 13.4. The molecule has 0 heterocycles. The van der Waals surface area contributed by atoms with Crippen molar-refractivity contribution in [3.63, 3.8) is 0 Å². The maximum Gasteiger partial charge on any atom is 0.338 e. The lowest BCUT2D eigenvalue weighted by atomic mass is 10.2. The molecule has 0 radical (unpaired) electrons. The summed E-state index contributed by atoms with van der Waals surface area (Å²) in [6.07, 6.45) is 1.71. The van der Waals surface area contributed by atoms with Gasteiger partial charge in [-0.15, -0.1) is 6.58 Å². The van der Waals surface area contributed by atoms with Crippen LogP contribution in [0.15, 0.2) is 43.0 Å². The van der Waals surface area contributed by atoms with Gasteiger partial charge < -0.3 is 47.4 Å². The Morgan fingerprint density at radius 3 is 1.13 bits per heavy atom. The van der Waals surface area contributed by atoms with Crippen molar-refractivity contribution in [3.05, 3.63) is 48.6 Å². The molecule has 0 fully saturated rings. The van der Waals surface area contributed by atoms with Crippen LogP contribution in [0.2, 0.25) is 0 Å². The topological polar surface area (TPSA) is 109 Å². The van der Waals surface area contributed by atoms with Crippen LogP contribution in [0, 0.1) is 0 Å². The molecule has 1 aromatic rings. The fourth-order valence-electron chi connectivity index (χ4n) is 2.78. The Morgan fingerprint density at radius 2 is 0.795 bits per heavy atom. The molecule has 11 nitrogen and oxygen atoms in total. The molecule has 0 saturated carbocycles. The minimum absolute atomic E-state index is 0.205. The van der Waals surface area contributed by atoms with Gasteiger partial charge >= 0.3 is 5.97 Å². The number of benzene rings is 1. The molecule has 1 rings (SSSR count). The largest absolute Gasteiger partial charge is 0.460 e. The Hall–Kier alpha value is -1.93. The van der Waals surface area contributed by atoms with Gasteiger partial charge in [-0.2, -0.15) is 0 Å². The minimum atomic E-state index is -0.354. The van der Waals surface area contributed by atoms with E-state index in [1.807, 2.05) is 6.07 Å². The lowest BCUT2D eigenvalue weighted by Crippen LogP contribution is -2.15. The number of carbonyl (C=O) groups excluding carboxylic acids is 1. The van der Waals surface area contributed by atoms with E-state index >= 15 is 0 Å². The van der Waals surface area contributed by atoms with Crippen LogP contribution in [0.4, 0.5) is 0 Å². The maximum atomic E-state index is 11.8. The summed E-state index contributed by atoms with van der Waals surface area (Å²) in [5.74, 6) is -0.354. The first-order chi connectivity index (χ1) is 19.3. The van der Waals surface area contributed by atoms with Gasteiger partial charge in [0.2, 0.25) is 0 Å². The van der Waals surface area contributed by atoms with Gasteiger partial charge in [0.15, 0.2) is 0 Å². The molecule has 0 amide bonds. The van der Waals surface area contributed by atoms with Gasteiger partial charge in [0.1, 0.15) is 6.61 Å². The maximum absolute atomic E-state index is 11.8. The van der Waals surface area contributed by atoms with E-state index in [1.165, 1.54) is 0 Å². The third kappa shape index (κ3) is 24.8. The van der Waals surface area contributed by atoms with Crippen molar-refractivity contribution in [2.45, 2.75) is 0 Å². The fourth-order valence-corrected chi connectivity index (χ4v) is 2.78. The third-order valence-corrected chi connectivity index (χ3v) is 4.68. The van der Waals surface area contributed by atoms with Crippen LogP contribution < -0.4 is 0 Å². The molecule has 0 saturated heterocycles. The zero-order valence-electron chi connectivity index (χ0n) is 23.1. The zero-order valence-corrected chi connectivity index (χ0v) is 23.1. The van der Waals surface area contributed by atoms with Crippen molar-refractivity contribution in [1.82, 2.24) is 0 Å². The molecular formula is C28H46O11. The van der Waals surface area contributed by atoms with E-state index in [1.54, 1.807) is 30.3 Å². The van der Waals surface area contributed by atoms with E-state index in [0.29, 0.717) is 124 Å². The summed E-state index contributed by atoms with van der Waals surface area (Å²) in [6, 6.07) is 8.85. The molecule has 0 aliphatic rings. The van der Waals surface area contributed by atoms with Crippen LogP contribution in [0.3, 0.4) is 0 Å². The quantitative estimate of drug-likeness (QED) is 0.0787. The third-order valence-electron chi connectivity index (χ3n) is 4.68. The summed E-state index contributed by atoms with van der Waals surface area (Å²) < 4.78 is 53.7. The molecule has 0 aliphatic heterocycles. The predicted molar refractivity (Wildman–Crippen MR) is 144 cm³/mol. The van der Waals surface area contributed by atoms with Crippen LogP contribution in [0.5, 0.6) is 0 Å². The number of hydrogen-bond acceptors (Lipinski definition) is 11. The summed E-state index contributed by atoms with van der Waals surface area (Å²) in [4.78, 5) is 11.8. The van der Waals surface area contributed by atoms with Gasteiger partial charge in [-0.05, 0) is 12.1 Å². The molecule has 0 bridgehead atoms. The summed E-state index contributed by atoms with van der Waals surface area (Å²) in [5.41, 5.74) is 0.527. The number of ether oxygens (including phenoxy) is 10. The van der Waals surface area contributed by atoms with Crippen molar-refractivity contribution >= 4 is 5.97 Å². The monoisotopic (exact) mass is 558 g/mol. The molecule has 1 aromatic carbocycles. The fraction of sp³-hybridized carbons (Fsp3) is 0.679. The summed E-state index contributed by atoms with van der Waals surface area (Å²) >= 11 is 0. The van der Waals surface area contributed by atoms with Crippen molar-refractivity contribution in [2.24, 2.45) is 0 Å². The lowest BCUT2D eigenvalue weighted by Gasteiger charge is -2.09. The van der Waals surface area contributed by atoms with E-state index < -0.39 is 0 Å². The van der Waals surface area contributed by atoms with Gasteiger partial charge in [-0.25, -0.2) is 4.79 Å². The molecule has 0 N–H and O–H groups in total. The Kier molecular flexibility index (Phi) is 26.2. The van der Waals surface area contributed by atoms with E-state index in [-0.39, 0.29) is 12.6 Å². The molecule has 0 spiro atoms. The molecule has 224 valence electrons. The highest BCUT2D eigenvalue weighted by Crippen LogP contribution is 2.00. The second kappa shape index (κ2) is 29.1. The van der Waals surface area contributed by atoms with E-state index in [4.69, 9.17) is 47.4 Å². The number of carbonyl (C=O) groups is 1. The Morgan fingerprint density at radius 1 is 0.487 bits per heavy atom. The highest BCUT2D eigenvalue weighted by Gasteiger charge is 2.05. The average molecular weight is 559 g/mol. The molecule has 11 heteroatoms. The summed E-state index contributed by atoms with van der Waals surface area (Å²) in [7, 11) is 0.